The van der Waals surface area contributed by atoms with Crippen molar-refractivity contribution in [2.45, 2.75) is 50.6 Å². The Morgan fingerprint density at radius 3 is 2.69 bits per heavy atom. The lowest BCUT2D eigenvalue weighted by atomic mass is 9.83. The van der Waals surface area contributed by atoms with Crippen LogP contribution in [-0.2, 0) is 0 Å². The van der Waals surface area contributed by atoms with E-state index >= 15 is 0 Å². The highest BCUT2D eigenvalue weighted by Gasteiger charge is 2.39. The van der Waals surface area contributed by atoms with Crippen molar-refractivity contribution in [2.24, 2.45) is 0 Å². The summed E-state index contributed by atoms with van der Waals surface area (Å²) in [6.45, 7) is 4.93. The molecule has 0 amide bonds. The lowest BCUT2D eigenvalue weighted by Gasteiger charge is -2.43. The second kappa shape index (κ2) is 3.58. The summed E-state index contributed by atoms with van der Waals surface area (Å²) < 4.78 is 0. The lowest BCUT2D eigenvalue weighted by molar-refractivity contribution is 0.139. The Morgan fingerprint density at radius 2 is 2.15 bits per heavy atom. The van der Waals surface area contributed by atoms with Crippen molar-refractivity contribution in [3.63, 3.8) is 0 Å². The number of piperidine rings is 1. The van der Waals surface area contributed by atoms with Gasteiger partial charge in [0.2, 0.25) is 0 Å². The Bertz CT molecular complexity index is 173. The van der Waals surface area contributed by atoms with Gasteiger partial charge in [-0.25, -0.2) is 0 Å². The molecule has 2 aliphatic heterocycles. The maximum Gasteiger partial charge on any atom is 0.0308 e. The highest BCUT2D eigenvalue weighted by atomic mass is 15.2. The number of hydrogen-bond acceptors (Lipinski definition) is 2. The molecular weight excluding hydrogens is 160 g/mol. The van der Waals surface area contributed by atoms with E-state index in [1.807, 2.05) is 0 Å². The largest absolute Gasteiger partial charge is 0.310 e. The van der Waals surface area contributed by atoms with Gasteiger partial charge in [-0.2, -0.15) is 0 Å². The molecule has 2 saturated heterocycles. The van der Waals surface area contributed by atoms with Crippen molar-refractivity contribution in [1.82, 2.24) is 10.2 Å². The average molecular weight is 182 g/mol. The second-order valence-corrected chi connectivity index (χ2v) is 4.94. The third-order valence-electron chi connectivity index (χ3n) is 3.91. The molecule has 2 unspecified atom stereocenters. The predicted octanol–water partition coefficient (Wildman–Crippen LogP) is 1.61. The first kappa shape index (κ1) is 9.47. The number of nitrogens with one attached hydrogen (secondary N) is 1. The minimum absolute atomic E-state index is 0.406. The van der Waals surface area contributed by atoms with Gasteiger partial charge in [0.05, 0.1) is 0 Å². The summed E-state index contributed by atoms with van der Waals surface area (Å²) in [5.41, 5.74) is 0.406. The van der Waals surface area contributed by atoms with Crippen LogP contribution in [0.15, 0.2) is 0 Å². The van der Waals surface area contributed by atoms with Crippen LogP contribution in [0.3, 0.4) is 0 Å². The second-order valence-electron chi connectivity index (χ2n) is 4.94. The van der Waals surface area contributed by atoms with E-state index in [1.165, 1.54) is 45.2 Å². The van der Waals surface area contributed by atoms with Gasteiger partial charge in [0.25, 0.3) is 0 Å². The van der Waals surface area contributed by atoms with Gasteiger partial charge in [0.15, 0.2) is 0 Å². The van der Waals surface area contributed by atoms with Crippen LogP contribution < -0.4 is 5.32 Å². The summed E-state index contributed by atoms with van der Waals surface area (Å²) in [4.78, 5) is 2.54. The van der Waals surface area contributed by atoms with Crippen molar-refractivity contribution < 1.29 is 0 Å². The minimum Gasteiger partial charge on any atom is -0.310 e. The van der Waals surface area contributed by atoms with Crippen LogP contribution in [0.4, 0.5) is 0 Å². The molecule has 13 heavy (non-hydrogen) atoms. The minimum atomic E-state index is 0.406. The van der Waals surface area contributed by atoms with E-state index in [0.29, 0.717) is 5.54 Å². The highest BCUT2D eigenvalue weighted by Crippen LogP contribution is 2.31. The van der Waals surface area contributed by atoms with Crippen LogP contribution in [0.2, 0.25) is 0 Å². The van der Waals surface area contributed by atoms with Crippen molar-refractivity contribution in [1.29, 1.82) is 0 Å². The van der Waals surface area contributed by atoms with Crippen LogP contribution in [-0.4, -0.2) is 36.6 Å². The summed E-state index contributed by atoms with van der Waals surface area (Å²) in [7, 11) is 2.28. The number of likely N-dealkylation sites (tertiary alicyclic amines) is 1. The molecule has 0 bridgehead atoms. The molecule has 2 fully saturated rings. The highest BCUT2D eigenvalue weighted by molar-refractivity contribution is 4.99. The Kier molecular flexibility index (Phi) is 2.61. The van der Waals surface area contributed by atoms with Crippen LogP contribution in [0.25, 0.3) is 0 Å². The molecule has 2 atom stereocenters. The fourth-order valence-corrected chi connectivity index (χ4v) is 3.08. The molecule has 0 aliphatic carbocycles. The van der Waals surface area contributed by atoms with Gasteiger partial charge in [-0.05, 0) is 52.7 Å². The van der Waals surface area contributed by atoms with Crippen LogP contribution in [0, 0.1) is 0 Å². The van der Waals surface area contributed by atoms with E-state index in [2.05, 4.69) is 24.2 Å². The van der Waals surface area contributed by atoms with E-state index in [0.717, 1.165) is 6.04 Å². The van der Waals surface area contributed by atoms with Crippen molar-refractivity contribution in [3.05, 3.63) is 0 Å². The van der Waals surface area contributed by atoms with Gasteiger partial charge in [0.1, 0.15) is 0 Å². The SMILES string of the molecule is CN1CCCC1C1(C)CCCCN1. The number of rotatable bonds is 1. The third-order valence-corrected chi connectivity index (χ3v) is 3.91. The quantitative estimate of drug-likeness (QED) is 0.663. The normalized spacial score (nSPS) is 42.5. The molecule has 0 radical (unpaired) electrons. The van der Waals surface area contributed by atoms with E-state index in [1.54, 1.807) is 0 Å². The molecule has 2 aliphatic rings. The lowest BCUT2D eigenvalue weighted by Crippen LogP contribution is -2.58. The fourth-order valence-electron chi connectivity index (χ4n) is 3.08. The third kappa shape index (κ3) is 1.75. The molecule has 0 spiro atoms. The molecule has 0 aromatic rings. The topological polar surface area (TPSA) is 15.3 Å². The average Bonchev–Trinajstić information content (AvgIpc) is 2.53. The molecule has 0 saturated carbocycles. The van der Waals surface area contributed by atoms with Gasteiger partial charge in [0, 0.05) is 11.6 Å². The zero-order valence-electron chi connectivity index (χ0n) is 8.97. The zero-order valence-corrected chi connectivity index (χ0v) is 8.97. The first-order valence-electron chi connectivity index (χ1n) is 5.68. The molecule has 76 valence electrons. The number of hydrogen-bond donors (Lipinski definition) is 1. The first-order valence-corrected chi connectivity index (χ1v) is 5.68. The Hall–Kier alpha value is -0.0800. The summed E-state index contributed by atoms with van der Waals surface area (Å²) in [5.74, 6) is 0. The standard InChI is InChI=1S/C11H22N2/c1-11(7-3-4-8-12-11)10-6-5-9-13(10)2/h10,12H,3-9H2,1-2H3. The maximum absolute atomic E-state index is 3.73. The molecular formula is C11H22N2. The van der Waals surface area contributed by atoms with Crippen molar-refractivity contribution >= 4 is 0 Å². The molecule has 2 nitrogen and oxygen atoms in total. The number of likely N-dealkylation sites (N-methyl/N-ethyl adjacent to an activating group) is 1. The van der Waals surface area contributed by atoms with Crippen molar-refractivity contribution in [3.8, 4) is 0 Å². The summed E-state index contributed by atoms with van der Waals surface area (Å²) in [6, 6.07) is 0.785. The van der Waals surface area contributed by atoms with Crippen molar-refractivity contribution in [2.75, 3.05) is 20.1 Å². The molecule has 0 aromatic carbocycles. The van der Waals surface area contributed by atoms with E-state index in [-0.39, 0.29) is 0 Å². The van der Waals surface area contributed by atoms with E-state index in [9.17, 15) is 0 Å². The van der Waals surface area contributed by atoms with Gasteiger partial charge in [-0.1, -0.05) is 6.42 Å². The van der Waals surface area contributed by atoms with E-state index < -0.39 is 0 Å². The molecule has 2 heterocycles. The van der Waals surface area contributed by atoms with Crippen LogP contribution in [0.5, 0.6) is 0 Å². The molecule has 2 rings (SSSR count). The number of nitrogens with zero attached hydrogens (tertiary/aromatic N) is 1. The van der Waals surface area contributed by atoms with Gasteiger partial charge in [-0.3, -0.25) is 0 Å². The Balaban J connectivity index is 2.03. The van der Waals surface area contributed by atoms with Crippen LogP contribution >= 0.6 is 0 Å². The molecule has 0 aromatic heterocycles. The fraction of sp³-hybridized carbons (Fsp3) is 1.00. The summed E-state index contributed by atoms with van der Waals surface area (Å²) in [5, 5.41) is 3.73. The smallest absolute Gasteiger partial charge is 0.0308 e. The molecule has 1 N–H and O–H groups in total. The Morgan fingerprint density at radius 1 is 1.31 bits per heavy atom. The summed E-state index contributed by atoms with van der Waals surface area (Å²) in [6.07, 6.45) is 6.92. The van der Waals surface area contributed by atoms with Gasteiger partial charge in [-0.15, -0.1) is 0 Å². The van der Waals surface area contributed by atoms with Gasteiger partial charge < -0.3 is 10.2 Å². The maximum atomic E-state index is 3.73. The van der Waals surface area contributed by atoms with Gasteiger partial charge >= 0.3 is 0 Å². The first-order chi connectivity index (χ1) is 6.22. The van der Waals surface area contributed by atoms with E-state index in [4.69, 9.17) is 0 Å². The zero-order chi connectivity index (χ0) is 9.31. The monoisotopic (exact) mass is 182 g/mol. The van der Waals surface area contributed by atoms with Crippen LogP contribution in [0.1, 0.15) is 39.0 Å². The molecule has 2 heteroatoms. The Labute approximate surface area is 81.7 Å². The predicted molar refractivity (Wildman–Crippen MR) is 55.9 cm³/mol. The summed E-state index contributed by atoms with van der Waals surface area (Å²) >= 11 is 0.